The fourth-order valence-corrected chi connectivity index (χ4v) is 6.06. The Morgan fingerprint density at radius 1 is 0.308 bits per heavy atom. The highest BCUT2D eigenvalue weighted by atomic mass is 15.0. The Bertz CT molecular complexity index is 2170. The quantitative estimate of drug-likeness (QED) is 0.230. The number of aromatic nitrogens is 1. The summed E-state index contributed by atoms with van der Waals surface area (Å²) in [4.78, 5) is 0. The van der Waals surface area contributed by atoms with Gasteiger partial charge in [-0.15, -0.1) is 0 Å². The highest BCUT2D eigenvalue weighted by molar-refractivity contribution is 6.11. The van der Waals surface area contributed by atoms with Crippen LogP contribution in [0.3, 0.4) is 0 Å². The molecule has 0 unspecified atom stereocenters. The minimum Gasteiger partial charge on any atom is -0.309 e. The third-order valence-electron chi connectivity index (χ3n) is 7.96. The van der Waals surface area contributed by atoms with Crippen LogP contribution in [0.25, 0.3) is 71.3 Å². The van der Waals surface area contributed by atoms with Crippen LogP contribution in [0.2, 0.25) is 0 Å². The first-order chi connectivity index (χ1) is 19.3. The molecular weight excluding hydrogens is 470 g/mol. The second kappa shape index (κ2) is 8.72. The van der Waals surface area contributed by atoms with Crippen LogP contribution in [-0.2, 0) is 0 Å². The summed E-state index contributed by atoms with van der Waals surface area (Å²) in [5, 5.41) is 7.59. The molecule has 0 fully saturated rings. The van der Waals surface area contributed by atoms with Gasteiger partial charge >= 0.3 is 0 Å². The smallest absolute Gasteiger partial charge is 0.0541 e. The van der Waals surface area contributed by atoms with Crippen molar-refractivity contribution in [3.05, 3.63) is 152 Å². The van der Waals surface area contributed by atoms with Crippen molar-refractivity contribution in [3.63, 3.8) is 0 Å². The lowest BCUT2D eigenvalue weighted by molar-refractivity contribution is 1.20. The molecule has 7 aromatic carbocycles. The summed E-state index contributed by atoms with van der Waals surface area (Å²) in [5.41, 5.74) is 8.59. The van der Waals surface area contributed by atoms with Crippen LogP contribution in [-0.4, -0.2) is 4.57 Å². The topological polar surface area (TPSA) is 4.93 Å². The molecule has 0 saturated heterocycles. The Morgan fingerprint density at radius 3 is 1.77 bits per heavy atom. The fourth-order valence-electron chi connectivity index (χ4n) is 6.06. The third kappa shape index (κ3) is 3.55. The minimum absolute atomic E-state index is 1.21. The van der Waals surface area contributed by atoms with Gasteiger partial charge in [-0.05, 0) is 74.8 Å². The molecule has 0 N–H and O–H groups in total. The third-order valence-corrected chi connectivity index (χ3v) is 7.96. The van der Waals surface area contributed by atoms with Gasteiger partial charge in [-0.1, -0.05) is 115 Å². The zero-order valence-electron chi connectivity index (χ0n) is 21.4. The second-order valence-electron chi connectivity index (χ2n) is 10.2. The lowest BCUT2D eigenvalue weighted by Gasteiger charge is -2.12. The zero-order chi connectivity index (χ0) is 25.8. The summed E-state index contributed by atoms with van der Waals surface area (Å²) < 4.78 is 2.42. The predicted octanol–water partition coefficient (Wildman–Crippen LogP) is 10.4. The molecule has 0 radical (unpaired) electrons. The molecule has 8 aromatic rings. The Labute approximate surface area is 227 Å². The molecular formula is C38H25N. The molecule has 0 amide bonds. The molecule has 8 rings (SSSR count). The lowest BCUT2D eigenvalue weighted by atomic mass is 9.96. The Morgan fingerprint density at radius 2 is 0.897 bits per heavy atom. The van der Waals surface area contributed by atoms with E-state index >= 15 is 0 Å². The van der Waals surface area contributed by atoms with Crippen LogP contribution in [0.1, 0.15) is 0 Å². The highest BCUT2D eigenvalue weighted by Crippen LogP contribution is 2.37. The first-order valence-corrected chi connectivity index (χ1v) is 13.4. The van der Waals surface area contributed by atoms with Gasteiger partial charge in [0.05, 0.1) is 16.7 Å². The zero-order valence-corrected chi connectivity index (χ0v) is 21.4. The van der Waals surface area contributed by atoms with Crippen molar-refractivity contribution in [1.82, 2.24) is 4.57 Å². The molecule has 0 spiro atoms. The average molecular weight is 496 g/mol. The number of para-hydroxylation sites is 1. The summed E-state index contributed by atoms with van der Waals surface area (Å²) in [6, 6.07) is 55.1. The van der Waals surface area contributed by atoms with Gasteiger partial charge in [0.2, 0.25) is 0 Å². The molecule has 1 aromatic heterocycles. The van der Waals surface area contributed by atoms with Gasteiger partial charge in [0, 0.05) is 16.2 Å². The number of hydrogen-bond donors (Lipinski definition) is 0. The van der Waals surface area contributed by atoms with E-state index in [0.717, 1.165) is 0 Å². The SMILES string of the molecule is c1cc(-c2ccc3ccccc3c2)cc(-c2ccc3c(c2)c2ccccc2n3-c2cccc3ccccc23)c1. The van der Waals surface area contributed by atoms with E-state index in [0.29, 0.717) is 0 Å². The van der Waals surface area contributed by atoms with E-state index in [2.05, 4.69) is 156 Å². The van der Waals surface area contributed by atoms with Gasteiger partial charge in [0.15, 0.2) is 0 Å². The maximum Gasteiger partial charge on any atom is 0.0541 e. The van der Waals surface area contributed by atoms with Gasteiger partial charge in [0.25, 0.3) is 0 Å². The van der Waals surface area contributed by atoms with Crippen molar-refractivity contribution in [2.75, 3.05) is 0 Å². The van der Waals surface area contributed by atoms with Gasteiger partial charge < -0.3 is 4.57 Å². The summed E-state index contributed by atoms with van der Waals surface area (Å²) in [6.45, 7) is 0. The van der Waals surface area contributed by atoms with Crippen molar-refractivity contribution >= 4 is 43.4 Å². The van der Waals surface area contributed by atoms with Crippen LogP contribution in [0.15, 0.2) is 152 Å². The van der Waals surface area contributed by atoms with E-state index in [1.54, 1.807) is 0 Å². The van der Waals surface area contributed by atoms with Crippen LogP contribution in [0, 0.1) is 0 Å². The summed E-state index contributed by atoms with van der Waals surface area (Å²) in [5.74, 6) is 0. The van der Waals surface area contributed by atoms with Crippen LogP contribution < -0.4 is 0 Å². The average Bonchev–Trinajstić information content (AvgIpc) is 3.34. The molecule has 1 heteroatoms. The van der Waals surface area contributed by atoms with Crippen molar-refractivity contribution in [1.29, 1.82) is 0 Å². The van der Waals surface area contributed by atoms with Crippen molar-refractivity contribution in [2.24, 2.45) is 0 Å². The number of fused-ring (bicyclic) bond motifs is 5. The Balaban J connectivity index is 1.31. The molecule has 0 aliphatic rings. The standard InChI is InChI=1S/C38H25N/c1-2-11-28-23-31(20-19-26(28)9-1)29-13-7-14-30(24-29)32-21-22-38-35(25-32)34-16-5-6-17-37(34)39(38)36-18-8-12-27-10-3-4-15-33(27)36/h1-25H. The molecule has 0 atom stereocenters. The number of nitrogens with zero attached hydrogens (tertiary/aromatic N) is 1. The van der Waals surface area contributed by atoms with Crippen LogP contribution in [0.5, 0.6) is 0 Å². The second-order valence-corrected chi connectivity index (χ2v) is 10.2. The Hall–Kier alpha value is -5.14. The fraction of sp³-hybridized carbons (Fsp3) is 0. The summed E-state index contributed by atoms with van der Waals surface area (Å²) in [7, 11) is 0. The highest BCUT2D eigenvalue weighted by Gasteiger charge is 2.15. The van der Waals surface area contributed by atoms with E-state index in [9.17, 15) is 0 Å². The summed E-state index contributed by atoms with van der Waals surface area (Å²) in [6.07, 6.45) is 0. The summed E-state index contributed by atoms with van der Waals surface area (Å²) >= 11 is 0. The molecule has 0 aliphatic heterocycles. The van der Waals surface area contributed by atoms with Crippen LogP contribution >= 0.6 is 0 Å². The van der Waals surface area contributed by atoms with Gasteiger partial charge in [0.1, 0.15) is 0 Å². The number of benzene rings is 7. The van der Waals surface area contributed by atoms with E-state index in [1.807, 2.05) is 0 Å². The number of hydrogen-bond acceptors (Lipinski definition) is 0. The molecule has 0 saturated carbocycles. The van der Waals surface area contributed by atoms with Gasteiger partial charge in [-0.3, -0.25) is 0 Å². The van der Waals surface area contributed by atoms with Crippen molar-refractivity contribution in [2.45, 2.75) is 0 Å². The first-order valence-electron chi connectivity index (χ1n) is 13.4. The number of rotatable bonds is 3. The van der Waals surface area contributed by atoms with E-state index < -0.39 is 0 Å². The van der Waals surface area contributed by atoms with Crippen molar-refractivity contribution < 1.29 is 0 Å². The van der Waals surface area contributed by atoms with E-state index in [-0.39, 0.29) is 0 Å². The minimum atomic E-state index is 1.21. The van der Waals surface area contributed by atoms with E-state index in [1.165, 1.54) is 71.3 Å². The van der Waals surface area contributed by atoms with Crippen LogP contribution in [0.4, 0.5) is 0 Å². The molecule has 39 heavy (non-hydrogen) atoms. The maximum absolute atomic E-state index is 2.42. The molecule has 0 bridgehead atoms. The normalized spacial score (nSPS) is 11.6. The Kier molecular flexibility index (Phi) is 4.89. The van der Waals surface area contributed by atoms with Gasteiger partial charge in [-0.25, -0.2) is 0 Å². The molecule has 1 nitrogen and oxygen atoms in total. The maximum atomic E-state index is 2.42. The lowest BCUT2D eigenvalue weighted by Crippen LogP contribution is -1.95. The molecule has 182 valence electrons. The predicted molar refractivity (Wildman–Crippen MR) is 167 cm³/mol. The van der Waals surface area contributed by atoms with Crippen molar-refractivity contribution in [3.8, 4) is 27.9 Å². The molecule has 1 heterocycles. The largest absolute Gasteiger partial charge is 0.309 e. The first kappa shape index (κ1) is 21.9. The molecule has 0 aliphatic carbocycles. The van der Waals surface area contributed by atoms with E-state index in [4.69, 9.17) is 0 Å². The monoisotopic (exact) mass is 495 g/mol. The van der Waals surface area contributed by atoms with Gasteiger partial charge in [-0.2, -0.15) is 0 Å².